The maximum absolute atomic E-state index is 12.5. The molecule has 2 rings (SSSR count). The predicted octanol–water partition coefficient (Wildman–Crippen LogP) is 0.944. The van der Waals surface area contributed by atoms with Crippen LogP contribution in [0.4, 0.5) is 4.79 Å². The summed E-state index contributed by atoms with van der Waals surface area (Å²) in [5.74, 6) is -0.407. The third kappa shape index (κ3) is 5.65. The van der Waals surface area contributed by atoms with Crippen molar-refractivity contribution in [1.29, 1.82) is 0 Å². The molecule has 11 heteroatoms. The van der Waals surface area contributed by atoms with E-state index in [0.717, 1.165) is 17.8 Å². The molecule has 0 unspecified atom stereocenters. The van der Waals surface area contributed by atoms with Crippen molar-refractivity contribution in [2.24, 2.45) is 0 Å². The fourth-order valence-electron chi connectivity index (χ4n) is 2.34. The number of hydrogen-bond donors (Lipinski definition) is 2. The zero-order valence-electron chi connectivity index (χ0n) is 13.8. The van der Waals surface area contributed by atoms with E-state index in [-0.39, 0.29) is 23.8 Å². The number of amides is 3. The number of sulfonamides is 1. The maximum atomic E-state index is 12.5. The number of carbonyl (C=O) groups excluding carboxylic acids is 2. The van der Waals surface area contributed by atoms with Gasteiger partial charge in [0.05, 0.1) is 10.9 Å². The highest BCUT2D eigenvalue weighted by molar-refractivity contribution is 7.91. The zero-order chi connectivity index (χ0) is 18.4. The van der Waals surface area contributed by atoms with E-state index >= 15 is 0 Å². The maximum Gasteiger partial charge on any atom is 0.321 e. The van der Waals surface area contributed by atoms with Gasteiger partial charge in [-0.25, -0.2) is 13.2 Å². The van der Waals surface area contributed by atoms with Gasteiger partial charge in [0.1, 0.15) is 4.21 Å². The topological polar surface area (TPSA) is 98.8 Å². The summed E-state index contributed by atoms with van der Waals surface area (Å²) in [5.41, 5.74) is 0. The lowest BCUT2D eigenvalue weighted by atomic mass is 10.3. The molecular weight excluding hydrogens is 388 g/mol. The van der Waals surface area contributed by atoms with Crippen molar-refractivity contribution in [1.82, 2.24) is 19.8 Å². The van der Waals surface area contributed by atoms with Crippen LogP contribution >= 0.6 is 22.9 Å². The fourth-order valence-corrected chi connectivity index (χ4v) is 5.40. The van der Waals surface area contributed by atoms with E-state index in [2.05, 4.69) is 10.6 Å². The SMILES string of the molecule is CCCNC(=O)NC(=O)CN1CCN(S(=O)(=O)c2ccc(Cl)s2)CC1. The Morgan fingerprint density at radius 2 is 1.92 bits per heavy atom. The molecule has 1 saturated heterocycles. The molecule has 0 atom stereocenters. The first-order valence-electron chi connectivity index (χ1n) is 7.88. The van der Waals surface area contributed by atoms with Gasteiger partial charge in [-0.2, -0.15) is 4.31 Å². The van der Waals surface area contributed by atoms with Crippen molar-refractivity contribution in [3.63, 3.8) is 0 Å². The molecule has 1 aromatic heterocycles. The summed E-state index contributed by atoms with van der Waals surface area (Å²) >= 11 is 6.84. The minimum absolute atomic E-state index is 0.0538. The number of carbonyl (C=O) groups is 2. The van der Waals surface area contributed by atoms with Crippen LogP contribution in [0.1, 0.15) is 13.3 Å². The third-order valence-corrected chi connectivity index (χ3v) is 7.23. The molecule has 0 bridgehead atoms. The summed E-state index contributed by atoms with van der Waals surface area (Å²) in [5, 5.41) is 4.82. The molecule has 1 aliphatic rings. The Bertz CT molecular complexity index is 714. The summed E-state index contributed by atoms with van der Waals surface area (Å²) in [4.78, 5) is 25.1. The van der Waals surface area contributed by atoms with Gasteiger partial charge in [0.2, 0.25) is 5.91 Å². The molecule has 0 aromatic carbocycles. The zero-order valence-corrected chi connectivity index (χ0v) is 16.2. The lowest BCUT2D eigenvalue weighted by Crippen LogP contribution is -2.52. The van der Waals surface area contributed by atoms with Gasteiger partial charge in [0.15, 0.2) is 0 Å². The lowest BCUT2D eigenvalue weighted by molar-refractivity contribution is -0.121. The number of piperazine rings is 1. The largest absolute Gasteiger partial charge is 0.338 e. The van der Waals surface area contributed by atoms with Gasteiger partial charge in [-0.3, -0.25) is 15.0 Å². The van der Waals surface area contributed by atoms with Gasteiger partial charge >= 0.3 is 6.03 Å². The standard InChI is InChI=1S/C14H21ClN4O4S2/c1-2-5-16-14(21)17-12(20)10-18-6-8-19(9-7-18)25(22,23)13-4-3-11(15)24-13/h3-4H,2,5-10H2,1H3,(H2,16,17,20,21). The van der Waals surface area contributed by atoms with Crippen LogP contribution in [0.3, 0.4) is 0 Å². The van der Waals surface area contributed by atoms with Gasteiger partial charge in [-0.1, -0.05) is 18.5 Å². The van der Waals surface area contributed by atoms with Crippen molar-refractivity contribution in [2.45, 2.75) is 17.6 Å². The second kappa shape index (κ2) is 8.95. The van der Waals surface area contributed by atoms with E-state index in [0.29, 0.717) is 24.0 Å². The molecule has 1 aromatic rings. The predicted molar refractivity (Wildman–Crippen MR) is 96.4 cm³/mol. The summed E-state index contributed by atoms with van der Waals surface area (Å²) in [6, 6.07) is 2.54. The van der Waals surface area contributed by atoms with Crippen LogP contribution in [0.25, 0.3) is 0 Å². The Morgan fingerprint density at radius 1 is 1.24 bits per heavy atom. The number of imide groups is 1. The number of thiophene rings is 1. The Balaban J connectivity index is 1.81. The molecule has 1 fully saturated rings. The van der Waals surface area contributed by atoms with E-state index in [1.54, 1.807) is 6.07 Å². The molecular formula is C14H21ClN4O4S2. The lowest BCUT2D eigenvalue weighted by Gasteiger charge is -2.33. The minimum Gasteiger partial charge on any atom is -0.338 e. The van der Waals surface area contributed by atoms with Gasteiger partial charge in [0, 0.05) is 32.7 Å². The second-order valence-electron chi connectivity index (χ2n) is 5.54. The van der Waals surface area contributed by atoms with E-state index in [4.69, 9.17) is 11.6 Å². The molecule has 140 valence electrons. The quantitative estimate of drug-likeness (QED) is 0.730. The van der Waals surface area contributed by atoms with Gasteiger partial charge in [-0.15, -0.1) is 11.3 Å². The first kappa shape index (κ1) is 20.1. The number of hydrogen-bond acceptors (Lipinski definition) is 6. The van der Waals surface area contributed by atoms with E-state index < -0.39 is 22.0 Å². The highest BCUT2D eigenvalue weighted by atomic mass is 35.5. The first-order valence-corrected chi connectivity index (χ1v) is 10.5. The van der Waals surface area contributed by atoms with E-state index in [1.807, 2.05) is 11.8 Å². The van der Waals surface area contributed by atoms with Crippen LogP contribution in [0, 0.1) is 0 Å². The number of urea groups is 1. The van der Waals surface area contributed by atoms with Crippen molar-refractivity contribution >= 4 is 44.9 Å². The second-order valence-corrected chi connectivity index (χ2v) is 9.42. The third-order valence-electron chi connectivity index (χ3n) is 3.63. The molecule has 0 spiro atoms. The first-order chi connectivity index (χ1) is 11.8. The minimum atomic E-state index is -3.55. The van der Waals surface area contributed by atoms with Crippen LogP contribution in [-0.2, 0) is 14.8 Å². The number of rotatable bonds is 6. The highest BCUT2D eigenvalue weighted by Crippen LogP contribution is 2.28. The normalized spacial score (nSPS) is 16.6. The Kier molecular flexibility index (Phi) is 7.20. The molecule has 2 heterocycles. The molecule has 0 aliphatic carbocycles. The van der Waals surface area contributed by atoms with Crippen molar-refractivity contribution in [3.05, 3.63) is 16.5 Å². The molecule has 25 heavy (non-hydrogen) atoms. The number of nitrogens with zero attached hydrogens (tertiary/aromatic N) is 2. The van der Waals surface area contributed by atoms with Crippen LogP contribution in [0.5, 0.6) is 0 Å². The van der Waals surface area contributed by atoms with Crippen LogP contribution < -0.4 is 10.6 Å². The monoisotopic (exact) mass is 408 g/mol. The fraction of sp³-hybridized carbons (Fsp3) is 0.571. The summed E-state index contributed by atoms with van der Waals surface area (Å²) < 4.78 is 27.0. The molecule has 3 amide bonds. The summed E-state index contributed by atoms with van der Waals surface area (Å²) in [7, 11) is -3.55. The van der Waals surface area contributed by atoms with Gasteiger partial charge in [-0.05, 0) is 18.6 Å². The summed E-state index contributed by atoms with van der Waals surface area (Å²) in [6.07, 6.45) is 0.785. The van der Waals surface area contributed by atoms with Crippen LogP contribution in [-0.4, -0.2) is 68.8 Å². The van der Waals surface area contributed by atoms with E-state index in [9.17, 15) is 18.0 Å². The van der Waals surface area contributed by atoms with Crippen molar-refractivity contribution in [3.8, 4) is 0 Å². The number of nitrogens with one attached hydrogen (secondary N) is 2. The molecule has 2 N–H and O–H groups in total. The molecule has 0 radical (unpaired) electrons. The Hall–Kier alpha value is -1.20. The Morgan fingerprint density at radius 3 is 2.48 bits per heavy atom. The van der Waals surface area contributed by atoms with E-state index in [1.165, 1.54) is 10.4 Å². The average molecular weight is 409 g/mol. The Labute approximate surface area is 156 Å². The van der Waals surface area contributed by atoms with Gasteiger partial charge < -0.3 is 5.32 Å². The molecule has 1 aliphatic heterocycles. The van der Waals surface area contributed by atoms with Crippen molar-refractivity contribution < 1.29 is 18.0 Å². The smallest absolute Gasteiger partial charge is 0.321 e. The highest BCUT2D eigenvalue weighted by Gasteiger charge is 2.30. The molecule has 8 nitrogen and oxygen atoms in total. The average Bonchev–Trinajstić information content (AvgIpc) is 3.00. The summed E-state index contributed by atoms with van der Waals surface area (Å²) in [6.45, 7) is 3.88. The van der Waals surface area contributed by atoms with Gasteiger partial charge in [0.25, 0.3) is 10.0 Å². The van der Waals surface area contributed by atoms with Crippen molar-refractivity contribution in [2.75, 3.05) is 39.3 Å². The van der Waals surface area contributed by atoms with Crippen LogP contribution in [0.2, 0.25) is 4.34 Å². The number of halogens is 1. The molecule has 0 saturated carbocycles. The van der Waals surface area contributed by atoms with Crippen LogP contribution in [0.15, 0.2) is 16.3 Å².